The van der Waals surface area contributed by atoms with Crippen LogP contribution in [0, 0.1) is 6.92 Å². The van der Waals surface area contributed by atoms with E-state index in [-0.39, 0.29) is 19.0 Å². The predicted molar refractivity (Wildman–Crippen MR) is 107 cm³/mol. The van der Waals surface area contributed by atoms with Gasteiger partial charge in [-0.2, -0.15) is 0 Å². The van der Waals surface area contributed by atoms with Crippen molar-refractivity contribution in [3.05, 3.63) is 51.4 Å². The van der Waals surface area contributed by atoms with E-state index in [9.17, 15) is 9.59 Å². The van der Waals surface area contributed by atoms with Gasteiger partial charge in [-0.1, -0.05) is 23.8 Å². The number of aliphatic imine (C=N–C) groups is 1. The van der Waals surface area contributed by atoms with Crippen LogP contribution in [0.15, 0.2) is 29.3 Å². The number of rotatable bonds is 3. The minimum absolute atomic E-state index is 0.0381. The van der Waals surface area contributed by atoms with Crippen LogP contribution in [0.5, 0.6) is 0 Å². The molecule has 0 fully saturated rings. The molecule has 0 saturated heterocycles. The van der Waals surface area contributed by atoms with Gasteiger partial charge < -0.3 is 4.74 Å². The number of ether oxygens (including phenoxy) is 1. The molecule has 140 valence electrons. The van der Waals surface area contributed by atoms with Crippen molar-refractivity contribution in [1.29, 1.82) is 0 Å². The third kappa shape index (κ3) is 3.30. The summed E-state index contributed by atoms with van der Waals surface area (Å²) in [4.78, 5) is 32.3. The molecule has 2 aliphatic rings. The molecule has 6 heteroatoms. The Balaban J connectivity index is 1.90. The molecule has 1 amide bonds. The third-order valence-electron chi connectivity index (χ3n) is 5.11. The summed E-state index contributed by atoms with van der Waals surface area (Å²) in [6.07, 6.45) is 4.32. The summed E-state index contributed by atoms with van der Waals surface area (Å²) >= 11 is 1.63. The van der Waals surface area contributed by atoms with Crippen molar-refractivity contribution in [2.24, 2.45) is 4.99 Å². The summed E-state index contributed by atoms with van der Waals surface area (Å²) in [6.45, 7) is 2.02. The van der Waals surface area contributed by atoms with Crippen molar-refractivity contribution in [2.45, 2.75) is 32.6 Å². The Hall–Kier alpha value is -2.47. The second-order valence-electron chi connectivity index (χ2n) is 6.98. The van der Waals surface area contributed by atoms with Crippen molar-refractivity contribution < 1.29 is 14.3 Å². The van der Waals surface area contributed by atoms with Crippen LogP contribution >= 0.6 is 11.3 Å². The van der Waals surface area contributed by atoms with Crippen LogP contribution in [0.3, 0.4) is 0 Å². The Labute approximate surface area is 162 Å². The van der Waals surface area contributed by atoms with Crippen LogP contribution < -0.4 is 4.90 Å². The van der Waals surface area contributed by atoms with Gasteiger partial charge >= 0.3 is 5.97 Å². The smallest absolute Gasteiger partial charge is 0.325 e. The van der Waals surface area contributed by atoms with E-state index in [4.69, 9.17) is 9.73 Å². The molecule has 4 rings (SSSR count). The zero-order valence-corrected chi connectivity index (χ0v) is 16.4. The summed E-state index contributed by atoms with van der Waals surface area (Å²) in [5.74, 6) is -0.581. The van der Waals surface area contributed by atoms with Gasteiger partial charge in [-0.05, 0) is 44.2 Å². The predicted octanol–water partition coefficient (Wildman–Crippen LogP) is 3.29. The van der Waals surface area contributed by atoms with E-state index >= 15 is 0 Å². The van der Waals surface area contributed by atoms with Crippen molar-refractivity contribution in [3.8, 4) is 0 Å². The Morgan fingerprint density at radius 2 is 2.11 bits per heavy atom. The Morgan fingerprint density at radius 3 is 2.89 bits per heavy atom. The van der Waals surface area contributed by atoms with Crippen LogP contribution in [-0.4, -0.2) is 37.8 Å². The van der Waals surface area contributed by atoms with E-state index in [1.165, 1.54) is 17.6 Å². The van der Waals surface area contributed by atoms with Gasteiger partial charge in [-0.25, -0.2) is 0 Å². The van der Waals surface area contributed by atoms with E-state index in [1.807, 2.05) is 12.1 Å². The number of nitrogens with zero attached hydrogens (tertiary/aromatic N) is 2. The van der Waals surface area contributed by atoms with Crippen molar-refractivity contribution in [1.82, 2.24) is 0 Å². The van der Waals surface area contributed by atoms with Crippen molar-refractivity contribution in [2.75, 3.05) is 25.1 Å². The maximum atomic E-state index is 12.8. The molecule has 1 aliphatic heterocycles. The minimum Gasteiger partial charge on any atom is -0.468 e. The molecule has 0 spiro atoms. The van der Waals surface area contributed by atoms with Gasteiger partial charge in [-0.15, -0.1) is 11.3 Å². The normalized spacial score (nSPS) is 16.3. The number of carbonyl (C=O) groups excluding carboxylic acids is 2. The minimum atomic E-state index is -0.417. The number of anilines is 1. The number of hydrogen-bond donors (Lipinski definition) is 0. The van der Waals surface area contributed by atoms with Gasteiger partial charge in [0.1, 0.15) is 18.1 Å². The molecular formula is C21H22N2O3S. The topological polar surface area (TPSA) is 59.0 Å². The lowest BCUT2D eigenvalue weighted by Crippen LogP contribution is -2.37. The van der Waals surface area contributed by atoms with E-state index in [0.29, 0.717) is 0 Å². The summed E-state index contributed by atoms with van der Waals surface area (Å²) < 4.78 is 4.82. The number of esters is 1. The standard InChI is InChI=1S/C21H22N2O3S/c1-13-6-5-7-14(10-13)20-19-15-8-3-4-9-16(15)27-21(19)23(12-18(25)26-2)17(24)11-22-20/h5-7,10H,3-4,8-9,11-12H2,1-2H3. The van der Waals surface area contributed by atoms with E-state index < -0.39 is 5.97 Å². The quantitative estimate of drug-likeness (QED) is 0.766. The molecule has 27 heavy (non-hydrogen) atoms. The molecule has 2 aromatic rings. The Morgan fingerprint density at radius 1 is 1.30 bits per heavy atom. The first kappa shape index (κ1) is 17.9. The van der Waals surface area contributed by atoms with Crippen LogP contribution in [0.1, 0.15) is 40.0 Å². The number of aryl methyl sites for hydroxylation is 2. The van der Waals surface area contributed by atoms with Gasteiger partial charge in [-0.3, -0.25) is 19.5 Å². The highest BCUT2D eigenvalue weighted by Crippen LogP contribution is 2.42. The molecule has 1 aromatic carbocycles. The molecule has 0 N–H and O–H groups in total. The first-order valence-electron chi connectivity index (χ1n) is 9.22. The molecule has 1 aliphatic carbocycles. The zero-order valence-electron chi connectivity index (χ0n) is 15.6. The lowest BCUT2D eigenvalue weighted by Gasteiger charge is -2.19. The molecule has 0 atom stereocenters. The fourth-order valence-corrected chi connectivity index (χ4v) is 5.20. The number of carbonyl (C=O) groups is 2. The maximum Gasteiger partial charge on any atom is 0.325 e. The SMILES string of the molecule is COC(=O)CN1C(=O)CN=C(c2cccc(C)c2)c2c1sc1c2CCCC1. The number of amides is 1. The molecule has 0 bridgehead atoms. The first-order chi connectivity index (χ1) is 13.1. The molecule has 0 radical (unpaired) electrons. The maximum absolute atomic E-state index is 12.8. The van der Waals surface area contributed by atoms with Crippen LogP contribution in [0.25, 0.3) is 0 Å². The van der Waals surface area contributed by atoms with E-state index in [0.717, 1.165) is 53.1 Å². The second-order valence-corrected chi connectivity index (χ2v) is 8.07. The molecule has 0 unspecified atom stereocenters. The number of benzene rings is 1. The number of thiophene rings is 1. The van der Waals surface area contributed by atoms with Crippen molar-refractivity contribution >= 4 is 33.9 Å². The monoisotopic (exact) mass is 382 g/mol. The van der Waals surface area contributed by atoms with Gasteiger partial charge in [0.2, 0.25) is 5.91 Å². The molecular weight excluding hydrogens is 360 g/mol. The number of hydrogen-bond acceptors (Lipinski definition) is 5. The summed E-state index contributed by atoms with van der Waals surface area (Å²) in [6, 6.07) is 8.23. The van der Waals surface area contributed by atoms with Gasteiger partial charge in [0.15, 0.2) is 0 Å². The van der Waals surface area contributed by atoms with Crippen LogP contribution in [0.4, 0.5) is 5.00 Å². The third-order valence-corrected chi connectivity index (χ3v) is 6.43. The highest BCUT2D eigenvalue weighted by atomic mass is 32.1. The van der Waals surface area contributed by atoms with Gasteiger partial charge in [0.05, 0.1) is 12.8 Å². The van der Waals surface area contributed by atoms with Gasteiger partial charge in [0.25, 0.3) is 0 Å². The number of fused-ring (bicyclic) bond motifs is 3. The molecule has 5 nitrogen and oxygen atoms in total. The molecule has 1 aromatic heterocycles. The van der Waals surface area contributed by atoms with E-state index in [1.54, 1.807) is 16.2 Å². The van der Waals surface area contributed by atoms with Crippen LogP contribution in [0.2, 0.25) is 0 Å². The largest absolute Gasteiger partial charge is 0.468 e. The first-order valence-corrected chi connectivity index (χ1v) is 10.0. The number of methoxy groups -OCH3 is 1. The fraction of sp³-hybridized carbons (Fsp3) is 0.381. The highest BCUT2D eigenvalue weighted by molar-refractivity contribution is 7.17. The lowest BCUT2D eigenvalue weighted by atomic mass is 9.91. The van der Waals surface area contributed by atoms with Gasteiger partial charge in [0, 0.05) is 16.0 Å². The average Bonchev–Trinajstić information content (AvgIpc) is 2.99. The zero-order chi connectivity index (χ0) is 19.0. The molecule has 0 saturated carbocycles. The fourth-order valence-electron chi connectivity index (χ4n) is 3.79. The summed E-state index contributed by atoms with van der Waals surface area (Å²) in [5.41, 5.74) is 5.38. The second kappa shape index (κ2) is 7.27. The summed E-state index contributed by atoms with van der Waals surface area (Å²) in [7, 11) is 1.35. The van der Waals surface area contributed by atoms with Crippen molar-refractivity contribution in [3.63, 3.8) is 0 Å². The lowest BCUT2D eigenvalue weighted by molar-refractivity contribution is -0.139. The summed E-state index contributed by atoms with van der Waals surface area (Å²) in [5, 5.41) is 0.843. The molecule has 2 heterocycles. The van der Waals surface area contributed by atoms with Crippen LogP contribution in [-0.2, 0) is 27.2 Å². The highest BCUT2D eigenvalue weighted by Gasteiger charge is 2.33. The van der Waals surface area contributed by atoms with E-state index in [2.05, 4.69) is 19.1 Å². The Bertz CT molecular complexity index is 945. The Kier molecular flexibility index (Phi) is 4.83. The average molecular weight is 382 g/mol.